The highest BCUT2D eigenvalue weighted by molar-refractivity contribution is 6.03. The molecule has 0 aliphatic heterocycles. The van der Waals surface area contributed by atoms with Gasteiger partial charge in [-0.05, 0) is 17.7 Å². The number of rotatable bonds is 4. The smallest absolute Gasteiger partial charge is 0.261 e. The molecule has 0 aliphatic carbocycles. The van der Waals surface area contributed by atoms with Crippen LogP contribution in [0.2, 0.25) is 0 Å². The number of aromatic nitrogens is 1. The fourth-order valence-corrected chi connectivity index (χ4v) is 1.74. The number of nitrogens with one attached hydrogen (secondary N) is 2. The van der Waals surface area contributed by atoms with E-state index in [1.807, 2.05) is 0 Å². The van der Waals surface area contributed by atoms with E-state index in [9.17, 15) is 9.59 Å². The quantitative estimate of drug-likeness (QED) is 0.289. The van der Waals surface area contributed by atoms with Crippen LogP contribution < -0.4 is 16.5 Å². The van der Waals surface area contributed by atoms with Gasteiger partial charge in [0.15, 0.2) is 5.43 Å². The van der Waals surface area contributed by atoms with Gasteiger partial charge in [0.05, 0.1) is 0 Å². The maximum Gasteiger partial charge on any atom is 0.261 e. The Morgan fingerprint density at radius 3 is 2.62 bits per heavy atom. The number of H-pyrrole nitrogens is 1. The summed E-state index contributed by atoms with van der Waals surface area (Å²) in [6.45, 7) is 0. The average Bonchev–Trinajstić information content (AvgIpc) is 2.49. The van der Waals surface area contributed by atoms with E-state index >= 15 is 0 Å². The highest BCUT2D eigenvalue weighted by Gasteiger charge is 2.09. The number of anilines is 1. The fraction of sp³-hybridized carbons (Fsp3) is 0.0714. The number of amidine groups is 1. The summed E-state index contributed by atoms with van der Waals surface area (Å²) in [6, 6.07) is 8.12. The summed E-state index contributed by atoms with van der Waals surface area (Å²) in [4.78, 5) is 26.2. The van der Waals surface area contributed by atoms with E-state index in [4.69, 9.17) is 10.9 Å². The van der Waals surface area contributed by atoms with Crippen molar-refractivity contribution in [1.82, 2.24) is 4.98 Å². The minimum atomic E-state index is -0.485. The lowest BCUT2D eigenvalue weighted by Crippen LogP contribution is -2.20. The predicted octanol–water partition coefficient (Wildman–Crippen LogP) is 0.916. The molecule has 108 valence electrons. The van der Waals surface area contributed by atoms with E-state index in [0.717, 1.165) is 5.56 Å². The zero-order chi connectivity index (χ0) is 15.2. The molecule has 0 fully saturated rings. The van der Waals surface area contributed by atoms with Crippen molar-refractivity contribution in [2.24, 2.45) is 10.9 Å². The Balaban J connectivity index is 2.09. The van der Waals surface area contributed by atoms with Crippen LogP contribution in [0.1, 0.15) is 15.9 Å². The van der Waals surface area contributed by atoms with Crippen LogP contribution in [0.4, 0.5) is 5.69 Å². The van der Waals surface area contributed by atoms with E-state index in [0.29, 0.717) is 12.1 Å². The van der Waals surface area contributed by atoms with Gasteiger partial charge in [-0.15, -0.1) is 0 Å². The van der Waals surface area contributed by atoms with Crippen LogP contribution >= 0.6 is 0 Å². The lowest BCUT2D eigenvalue weighted by atomic mass is 10.1. The van der Waals surface area contributed by atoms with Crippen molar-refractivity contribution < 1.29 is 10.0 Å². The topological polar surface area (TPSA) is 121 Å². The Bertz CT molecular complexity index is 719. The first kappa shape index (κ1) is 14.3. The molecule has 21 heavy (non-hydrogen) atoms. The number of pyridine rings is 1. The third-order valence-corrected chi connectivity index (χ3v) is 2.79. The van der Waals surface area contributed by atoms with Gasteiger partial charge in [0.2, 0.25) is 0 Å². The van der Waals surface area contributed by atoms with E-state index in [1.165, 1.54) is 18.5 Å². The molecule has 0 spiro atoms. The van der Waals surface area contributed by atoms with Gasteiger partial charge in [-0.1, -0.05) is 17.3 Å². The van der Waals surface area contributed by atoms with Crippen LogP contribution in [0.5, 0.6) is 0 Å². The highest BCUT2D eigenvalue weighted by Crippen LogP contribution is 2.11. The molecule has 0 unspecified atom stereocenters. The molecule has 2 aromatic rings. The van der Waals surface area contributed by atoms with Gasteiger partial charge in [-0.3, -0.25) is 9.59 Å². The summed E-state index contributed by atoms with van der Waals surface area (Å²) in [7, 11) is 0. The highest BCUT2D eigenvalue weighted by atomic mass is 16.4. The third kappa shape index (κ3) is 3.69. The molecule has 0 aliphatic rings. The normalized spacial score (nSPS) is 11.1. The number of oxime groups is 1. The van der Waals surface area contributed by atoms with E-state index in [1.54, 1.807) is 24.3 Å². The fourth-order valence-electron chi connectivity index (χ4n) is 1.74. The van der Waals surface area contributed by atoms with Crippen LogP contribution in [-0.2, 0) is 6.42 Å². The van der Waals surface area contributed by atoms with Crippen LogP contribution in [0.3, 0.4) is 0 Å². The molecule has 1 aromatic heterocycles. The van der Waals surface area contributed by atoms with Crippen molar-refractivity contribution in [2.75, 3.05) is 5.32 Å². The molecule has 1 amide bonds. The van der Waals surface area contributed by atoms with Gasteiger partial charge in [0.1, 0.15) is 11.4 Å². The van der Waals surface area contributed by atoms with Crippen LogP contribution in [0, 0.1) is 0 Å². The Morgan fingerprint density at radius 2 is 2.00 bits per heavy atom. The van der Waals surface area contributed by atoms with E-state index in [-0.39, 0.29) is 16.8 Å². The molecule has 5 N–H and O–H groups in total. The molecule has 1 aromatic carbocycles. The molecular formula is C14H14N4O3. The van der Waals surface area contributed by atoms with Gasteiger partial charge in [0.25, 0.3) is 5.91 Å². The monoisotopic (exact) mass is 286 g/mol. The third-order valence-electron chi connectivity index (χ3n) is 2.79. The number of carbonyl (C=O) groups is 1. The number of amides is 1. The maximum atomic E-state index is 11.9. The first-order chi connectivity index (χ1) is 10.1. The lowest BCUT2D eigenvalue weighted by Gasteiger charge is -2.06. The molecule has 0 saturated heterocycles. The summed E-state index contributed by atoms with van der Waals surface area (Å²) in [6.07, 6.45) is 3.12. The van der Waals surface area contributed by atoms with E-state index < -0.39 is 5.91 Å². The van der Waals surface area contributed by atoms with Gasteiger partial charge >= 0.3 is 0 Å². The number of aromatic amines is 1. The lowest BCUT2D eigenvalue weighted by molar-refractivity contribution is 0.102. The summed E-state index contributed by atoms with van der Waals surface area (Å²) in [5.41, 5.74) is 6.48. The zero-order valence-corrected chi connectivity index (χ0v) is 11.0. The summed E-state index contributed by atoms with van der Waals surface area (Å²) in [5, 5.41) is 14.0. The molecular weight excluding hydrogens is 272 g/mol. The molecule has 0 saturated carbocycles. The van der Waals surface area contributed by atoms with Crippen LogP contribution in [0.25, 0.3) is 0 Å². The minimum Gasteiger partial charge on any atom is -0.409 e. The number of nitrogens with two attached hydrogens (primary N) is 1. The second kappa shape index (κ2) is 6.38. The van der Waals surface area contributed by atoms with Crippen molar-refractivity contribution in [3.8, 4) is 0 Å². The maximum absolute atomic E-state index is 11.9. The van der Waals surface area contributed by atoms with Gasteiger partial charge in [-0.2, -0.15) is 0 Å². The Morgan fingerprint density at radius 1 is 1.29 bits per heavy atom. The number of hydrogen-bond acceptors (Lipinski definition) is 4. The molecule has 7 nitrogen and oxygen atoms in total. The first-order valence-corrected chi connectivity index (χ1v) is 6.14. The average molecular weight is 286 g/mol. The number of hydrogen-bond donors (Lipinski definition) is 4. The Kier molecular flexibility index (Phi) is 4.35. The molecule has 0 atom stereocenters. The van der Waals surface area contributed by atoms with Crippen LogP contribution in [0.15, 0.2) is 52.7 Å². The first-order valence-electron chi connectivity index (χ1n) is 6.14. The molecule has 0 bridgehead atoms. The Hall–Kier alpha value is -3.09. The van der Waals surface area contributed by atoms with Crippen molar-refractivity contribution in [2.45, 2.75) is 6.42 Å². The van der Waals surface area contributed by atoms with Gasteiger partial charge in [0, 0.05) is 30.6 Å². The minimum absolute atomic E-state index is 0.0400. The largest absolute Gasteiger partial charge is 0.409 e. The summed E-state index contributed by atoms with van der Waals surface area (Å²) in [5.74, 6) is -0.386. The summed E-state index contributed by atoms with van der Waals surface area (Å²) >= 11 is 0. The van der Waals surface area contributed by atoms with Gasteiger partial charge in [-0.25, -0.2) is 0 Å². The van der Waals surface area contributed by atoms with Crippen molar-refractivity contribution >= 4 is 17.4 Å². The predicted molar refractivity (Wildman–Crippen MR) is 78.6 cm³/mol. The molecule has 7 heteroatoms. The SMILES string of the molecule is N/C(Cc1ccc(NC(=O)c2c[nH]ccc2=O)cc1)=N/O. The summed E-state index contributed by atoms with van der Waals surface area (Å²) < 4.78 is 0. The standard InChI is InChI=1S/C14H14N4O3/c15-13(18-21)7-9-1-3-10(4-2-9)17-14(20)11-8-16-6-5-12(11)19/h1-6,8,21H,7H2,(H2,15,18)(H,16,19)(H,17,20). The number of benzene rings is 1. The molecule has 2 rings (SSSR count). The second-order valence-corrected chi connectivity index (χ2v) is 4.34. The number of carbonyl (C=O) groups excluding carboxylic acids is 1. The number of nitrogens with zero attached hydrogens (tertiary/aromatic N) is 1. The second-order valence-electron chi connectivity index (χ2n) is 4.34. The van der Waals surface area contributed by atoms with Crippen molar-refractivity contribution in [1.29, 1.82) is 0 Å². The van der Waals surface area contributed by atoms with Gasteiger partial charge < -0.3 is 21.2 Å². The van der Waals surface area contributed by atoms with Crippen molar-refractivity contribution in [3.05, 3.63) is 64.1 Å². The zero-order valence-electron chi connectivity index (χ0n) is 11.0. The van der Waals surface area contributed by atoms with E-state index in [2.05, 4.69) is 15.5 Å². The molecule has 0 radical (unpaired) electrons. The van der Waals surface area contributed by atoms with Crippen LogP contribution in [-0.4, -0.2) is 21.9 Å². The van der Waals surface area contributed by atoms with Crippen molar-refractivity contribution in [3.63, 3.8) is 0 Å². The Labute approximate surface area is 120 Å². The molecule has 1 heterocycles.